The quantitative estimate of drug-likeness (QED) is 0.512. The van der Waals surface area contributed by atoms with Gasteiger partial charge in [-0.1, -0.05) is 13.8 Å². The largest absolute Gasteiger partial charge is 0.460 e. The molecule has 2 atom stereocenters. The number of hydrogen-bond donors (Lipinski definition) is 0. The van der Waals surface area contributed by atoms with Gasteiger partial charge in [0.1, 0.15) is 6.10 Å². The number of carbonyl (C=O) groups is 1. The SMILES string of the molecule is CCC1OC1(CC)C(=O)OC1CCC1. The normalized spacial score (nSPS) is 36.3. The number of esters is 1. The van der Waals surface area contributed by atoms with Crippen molar-refractivity contribution in [3.05, 3.63) is 0 Å². The molecule has 0 aromatic heterocycles. The first-order chi connectivity index (χ1) is 6.73. The van der Waals surface area contributed by atoms with E-state index in [1.165, 1.54) is 6.42 Å². The minimum atomic E-state index is -0.579. The highest BCUT2D eigenvalue weighted by Crippen LogP contribution is 2.43. The van der Waals surface area contributed by atoms with Gasteiger partial charge in [-0.05, 0) is 32.1 Å². The van der Waals surface area contributed by atoms with Crippen molar-refractivity contribution < 1.29 is 14.3 Å². The maximum Gasteiger partial charge on any atom is 0.341 e. The topological polar surface area (TPSA) is 38.8 Å². The molecule has 0 N–H and O–H groups in total. The Balaban J connectivity index is 1.89. The van der Waals surface area contributed by atoms with Crippen molar-refractivity contribution in [3.8, 4) is 0 Å². The second kappa shape index (κ2) is 3.54. The molecule has 1 saturated heterocycles. The van der Waals surface area contributed by atoms with E-state index in [9.17, 15) is 4.79 Å². The van der Waals surface area contributed by atoms with Gasteiger partial charge in [0, 0.05) is 0 Å². The van der Waals surface area contributed by atoms with Crippen LogP contribution in [0.3, 0.4) is 0 Å². The van der Waals surface area contributed by atoms with E-state index in [1.54, 1.807) is 0 Å². The molecule has 1 aliphatic carbocycles. The lowest BCUT2D eigenvalue weighted by Crippen LogP contribution is -2.35. The third-order valence-electron chi connectivity index (χ3n) is 3.38. The van der Waals surface area contributed by atoms with Crippen LogP contribution in [-0.4, -0.2) is 23.8 Å². The van der Waals surface area contributed by atoms with Crippen LogP contribution in [0.15, 0.2) is 0 Å². The van der Waals surface area contributed by atoms with Crippen molar-refractivity contribution in [3.63, 3.8) is 0 Å². The van der Waals surface area contributed by atoms with Gasteiger partial charge in [0.05, 0.1) is 6.10 Å². The third-order valence-corrected chi connectivity index (χ3v) is 3.38. The number of rotatable bonds is 4. The summed E-state index contributed by atoms with van der Waals surface area (Å²) in [6.07, 6.45) is 5.15. The highest BCUT2D eigenvalue weighted by molar-refractivity contribution is 5.83. The summed E-state index contributed by atoms with van der Waals surface area (Å²) in [5.41, 5.74) is -0.579. The molecule has 14 heavy (non-hydrogen) atoms. The molecule has 2 unspecified atom stereocenters. The van der Waals surface area contributed by atoms with Gasteiger partial charge in [-0.15, -0.1) is 0 Å². The van der Waals surface area contributed by atoms with Crippen molar-refractivity contribution >= 4 is 5.97 Å². The zero-order valence-electron chi connectivity index (χ0n) is 8.91. The number of ether oxygens (including phenoxy) is 2. The lowest BCUT2D eigenvalue weighted by atomic mass is 9.95. The molecular formula is C11H18O3. The fraction of sp³-hybridized carbons (Fsp3) is 0.909. The molecule has 2 fully saturated rings. The monoisotopic (exact) mass is 198 g/mol. The number of carbonyl (C=O) groups excluding carboxylic acids is 1. The van der Waals surface area contributed by atoms with Gasteiger partial charge >= 0.3 is 5.97 Å². The molecular weight excluding hydrogens is 180 g/mol. The van der Waals surface area contributed by atoms with E-state index in [2.05, 4.69) is 0 Å². The van der Waals surface area contributed by atoms with E-state index in [4.69, 9.17) is 9.47 Å². The van der Waals surface area contributed by atoms with Gasteiger partial charge in [0.2, 0.25) is 0 Å². The molecule has 2 aliphatic rings. The first-order valence-electron chi connectivity index (χ1n) is 5.61. The van der Waals surface area contributed by atoms with E-state index in [1.807, 2.05) is 13.8 Å². The number of hydrogen-bond acceptors (Lipinski definition) is 3. The molecule has 3 heteroatoms. The van der Waals surface area contributed by atoms with E-state index in [0.717, 1.165) is 25.7 Å². The summed E-state index contributed by atoms with van der Waals surface area (Å²) in [6.45, 7) is 4.02. The van der Waals surface area contributed by atoms with Crippen LogP contribution < -0.4 is 0 Å². The van der Waals surface area contributed by atoms with Gasteiger partial charge in [0.15, 0.2) is 5.60 Å². The fourth-order valence-electron chi connectivity index (χ4n) is 2.01. The van der Waals surface area contributed by atoms with Gasteiger partial charge < -0.3 is 9.47 Å². The Kier molecular flexibility index (Phi) is 2.52. The lowest BCUT2D eigenvalue weighted by Gasteiger charge is -2.26. The first-order valence-corrected chi connectivity index (χ1v) is 5.61. The van der Waals surface area contributed by atoms with Crippen LogP contribution in [0.25, 0.3) is 0 Å². The minimum absolute atomic E-state index is 0.0973. The predicted molar refractivity (Wildman–Crippen MR) is 51.9 cm³/mol. The van der Waals surface area contributed by atoms with Crippen LogP contribution in [0.2, 0.25) is 0 Å². The van der Waals surface area contributed by atoms with E-state index >= 15 is 0 Å². The van der Waals surface area contributed by atoms with Crippen LogP contribution >= 0.6 is 0 Å². The number of epoxide rings is 1. The summed E-state index contributed by atoms with van der Waals surface area (Å²) >= 11 is 0. The summed E-state index contributed by atoms with van der Waals surface area (Å²) in [5.74, 6) is -0.128. The molecule has 0 aromatic carbocycles. The molecule has 1 saturated carbocycles. The Morgan fingerprint density at radius 1 is 1.50 bits per heavy atom. The van der Waals surface area contributed by atoms with Crippen LogP contribution in [-0.2, 0) is 14.3 Å². The maximum atomic E-state index is 11.8. The molecule has 2 rings (SSSR count). The van der Waals surface area contributed by atoms with E-state index in [0.29, 0.717) is 0 Å². The van der Waals surface area contributed by atoms with Crippen molar-refractivity contribution in [1.29, 1.82) is 0 Å². The predicted octanol–water partition coefficient (Wildman–Crippen LogP) is 2.04. The molecule has 0 bridgehead atoms. The zero-order chi connectivity index (χ0) is 10.2. The summed E-state index contributed by atoms with van der Waals surface area (Å²) in [6, 6.07) is 0. The van der Waals surface area contributed by atoms with Crippen molar-refractivity contribution in [1.82, 2.24) is 0 Å². The van der Waals surface area contributed by atoms with Crippen LogP contribution in [0.4, 0.5) is 0 Å². The second-order valence-electron chi connectivity index (χ2n) is 4.22. The van der Waals surface area contributed by atoms with Crippen LogP contribution in [0.5, 0.6) is 0 Å². The van der Waals surface area contributed by atoms with Crippen LogP contribution in [0, 0.1) is 0 Å². The molecule has 3 nitrogen and oxygen atoms in total. The molecule has 0 aromatic rings. The molecule has 1 heterocycles. The Hall–Kier alpha value is -0.570. The first kappa shape index (κ1) is 9.97. The molecule has 1 aliphatic heterocycles. The Bertz CT molecular complexity index is 235. The average molecular weight is 198 g/mol. The Labute approximate surface area is 84.8 Å². The lowest BCUT2D eigenvalue weighted by molar-refractivity contribution is -0.159. The third kappa shape index (κ3) is 1.44. The van der Waals surface area contributed by atoms with Gasteiger partial charge in [-0.2, -0.15) is 0 Å². The van der Waals surface area contributed by atoms with Crippen molar-refractivity contribution in [2.24, 2.45) is 0 Å². The van der Waals surface area contributed by atoms with E-state index < -0.39 is 5.60 Å². The minimum Gasteiger partial charge on any atom is -0.460 e. The maximum absolute atomic E-state index is 11.8. The zero-order valence-corrected chi connectivity index (χ0v) is 8.91. The highest BCUT2D eigenvalue weighted by atomic mass is 16.7. The summed E-state index contributed by atoms with van der Waals surface area (Å²) in [5, 5.41) is 0. The standard InChI is InChI=1S/C11H18O3/c1-3-9-11(4-2,14-9)10(12)13-8-6-5-7-8/h8-9H,3-7H2,1-2H3. The van der Waals surface area contributed by atoms with Gasteiger partial charge in [-0.25, -0.2) is 4.79 Å². The van der Waals surface area contributed by atoms with Crippen molar-refractivity contribution in [2.75, 3.05) is 0 Å². The average Bonchev–Trinajstić information content (AvgIpc) is 2.86. The Morgan fingerprint density at radius 3 is 2.57 bits per heavy atom. The van der Waals surface area contributed by atoms with Gasteiger partial charge in [-0.3, -0.25) is 0 Å². The van der Waals surface area contributed by atoms with Gasteiger partial charge in [0.25, 0.3) is 0 Å². The summed E-state index contributed by atoms with van der Waals surface area (Å²) in [4.78, 5) is 11.8. The second-order valence-corrected chi connectivity index (χ2v) is 4.22. The fourth-order valence-corrected chi connectivity index (χ4v) is 2.01. The van der Waals surface area contributed by atoms with E-state index in [-0.39, 0.29) is 18.2 Å². The Morgan fingerprint density at radius 2 is 2.21 bits per heavy atom. The molecule has 0 radical (unpaired) electrons. The molecule has 80 valence electrons. The van der Waals surface area contributed by atoms with Crippen molar-refractivity contribution in [2.45, 2.75) is 63.8 Å². The summed E-state index contributed by atoms with van der Waals surface area (Å²) < 4.78 is 10.8. The molecule has 0 spiro atoms. The summed E-state index contributed by atoms with van der Waals surface area (Å²) in [7, 11) is 0. The molecule has 0 amide bonds. The van der Waals surface area contributed by atoms with Crippen LogP contribution in [0.1, 0.15) is 46.0 Å². The smallest absolute Gasteiger partial charge is 0.341 e. The highest BCUT2D eigenvalue weighted by Gasteiger charge is 2.61.